The van der Waals surface area contributed by atoms with Gasteiger partial charge in [-0.05, 0) is 18.9 Å². The van der Waals surface area contributed by atoms with Gasteiger partial charge >= 0.3 is 0 Å². The summed E-state index contributed by atoms with van der Waals surface area (Å²) in [7, 11) is 1.97. The fourth-order valence-electron chi connectivity index (χ4n) is 2.59. The molecule has 0 atom stereocenters. The van der Waals surface area contributed by atoms with Gasteiger partial charge in [-0.2, -0.15) is 0 Å². The van der Waals surface area contributed by atoms with Gasteiger partial charge in [0.05, 0.1) is 11.5 Å². The Balaban J connectivity index is 2.11. The van der Waals surface area contributed by atoms with Crippen LogP contribution >= 0.6 is 11.6 Å². The predicted molar refractivity (Wildman–Crippen MR) is 70.5 cm³/mol. The summed E-state index contributed by atoms with van der Waals surface area (Å²) in [6, 6.07) is 3.86. The molecule has 0 radical (unpaired) electrons. The molecule has 17 heavy (non-hydrogen) atoms. The highest BCUT2D eigenvalue weighted by Crippen LogP contribution is 2.31. The molecule has 1 aliphatic rings. The van der Waals surface area contributed by atoms with Gasteiger partial charge in [0.2, 0.25) is 0 Å². The Morgan fingerprint density at radius 3 is 2.82 bits per heavy atom. The third-order valence-corrected chi connectivity index (χ3v) is 3.73. The molecule has 0 spiro atoms. The topological polar surface area (TPSA) is 36.4 Å². The first-order valence-corrected chi connectivity index (χ1v) is 6.61. The van der Waals surface area contributed by atoms with Crippen molar-refractivity contribution >= 4 is 17.4 Å². The molecule has 1 heterocycles. The Bertz CT molecular complexity index is 377. The summed E-state index contributed by atoms with van der Waals surface area (Å²) in [5.74, 6) is 1.33. The number of pyridine rings is 1. The second-order valence-corrected chi connectivity index (χ2v) is 5.17. The van der Waals surface area contributed by atoms with Crippen LogP contribution in [0.25, 0.3) is 0 Å². The fraction of sp³-hybridized carbons (Fsp3) is 0.615. The number of likely N-dealkylation sites (N-methyl/N-ethyl adjacent to an activating group) is 1. The van der Waals surface area contributed by atoms with Gasteiger partial charge < -0.3 is 10.0 Å². The van der Waals surface area contributed by atoms with Crippen molar-refractivity contribution in [3.8, 4) is 0 Å². The van der Waals surface area contributed by atoms with Crippen molar-refractivity contribution in [2.45, 2.75) is 37.2 Å². The summed E-state index contributed by atoms with van der Waals surface area (Å²) < 4.78 is 0. The van der Waals surface area contributed by atoms with Crippen molar-refractivity contribution in [3.05, 3.63) is 23.9 Å². The highest BCUT2D eigenvalue weighted by Gasteiger charge is 2.32. The van der Waals surface area contributed by atoms with Crippen LogP contribution in [0.2, 0.25) is 0 Å². The molecule has 0 unspecified atom stereocenters. The molecule has 3 nitrogen and oxygen atoms in total. The first-order chi connectivity index (χ1) is 8.14. The van der Waals surface area contributed by atoms with E-state index in [1.807, 2.05) is 24.1 Å². The molecule has 94 valence electrons. The van der Waals surface area contributed by atoms with Crippen molar-refractivity contribution in [1.82, 2.24) is 4.98 Å². The van der Waals surface area contributed by atoms with Crippen molar-refractivity contribution in [2.75, 3.05) is 18.5 Å². The minimum Gasteiger partial charge on any atom is -0.388 e. The largest absolute Gasteiger partial charge is 0.388 e. The molecular formula is C13H19ClN2O. The van der Waals surface area contributed by atoms with Gasteiger partial charge in [0.1, 0.15) is 5.82 Å². The number of hydrogen-bond acceptors (Lipinski definition) is 3. The lowest BCUT2D eigenvalue weighted by molar-refractivity contribution is 0.0558. The second kappa shape index (κ2) is 5.23. The third kappa shape index (κ3) is 2.90. The lowest BCUT2D eigenvalue weighted by Gasteiger charge is -2.30. The molecule has 0 bridgehead atoms. The maximum absolute atomic E-state index is 10.4. The Labute approximate surface area is 107 Å². The zero-order valence-corrected chi connectivity index (χ0v) is 11.0. The van der Waals surface area contributed by atoms with E-state index < -0.39 is 5.60 Å². The van der Waals surface area contributed by atoms with E-state index in [0.717, 1.165) is 37.1 Å². The SMILES string of the molecule is CN(CC1(O)CCCC1)c1ncccc1CCl. The fourth-order valence-corrected chi connectivity index (χ4v) is 2.79. The van der Waals surface area contributed by atoms with Gasteiger partial charge in [0.25, 0.3) is 0 Å². The van der Waals surface area contributed by atoms with E-state index in [0.29, 0.717) is 12.4 Å². The number of nitrogens with zero attached hydrogens (tertiary/aromatic N) is 2. The van der Waals surface area contributed by atoms with Crippen LogP contribution in [0.15, 0.2) is 18.3 Å². The van der Waals surface area contributed by atoms with E-state index in [4.69, 9.17) is 11.6 Å². The molecular weight excluding hydrogens is 236 g/mol. The standard InChI is InChI=1S/C13H19ClN2O/c1-16(10-13(17)6-2-3-7-13)12-11(9-14)5-4-8-15-12/h4-5,8,17H,2-3,6-7,9-10H2,1H3. The van der Waals surface area contributed by atoms with Crippen LogP contribution in [0.3, 0.4) is 0 Å². The number of aromatic nitrogens is 1. The van der Waals surface area contributed by atoms with Crippen LogP contribution in [0, 0.1) is 0 Å². The summed E-state index contributed by atoms with van der Waals surface area (Å²) in [6.07, 6.45) is 5.78. The van der Waals surface area contributed by atoms with Crippen molar-refractivity contribution in [3.63, 3.8) is 0 Å². The number of rotatable bonds is 4. The first-order valence-electron chi connectivity index (χ1n) is 6.08. The van der Waals surface area contributed by atoms with Gasteiger partial charge in [0, 0.05) is 25.4 Å². The highest BCUT2D eigenvalue weighted by atomic mass is 35.5. The molecule has 2 rings (SSSR count). The van der Waals surface area contributed by atoms with E-state index >= 15 is 0 Å². The molecule has 0 aliphatic heterocycles. The van der Waals surface area contributed by atoms with Crippen molar-refractivity contribution in [1.29, 1.82) is 0 Å². The molecule has 1 aliphatic carbocycles. The predicted octanol–water partition coefficient (Wildman–Crippen LogP) is 2.56. The van der Waals surface area contributed by atoms with E-state index in [1.54, 1.807) is 6.20 Å². The van der Waals surface area contributed by atoms with Crippen LogP contribution in [-0.2, 0) is 5.88 Å². The summed E-state index contributed by atoms with van der Waals surface area (Å²) >= 11 is 5.90. The summed E-state index contributed by atoms with van der Waals surface area (Å²) in [5, 5.41) is 10.4. The number of anilines is 1. The van der Waals surface area contributed by atoms with Gasteiger partial charge in [0.15, 0.2) is 0 Å². The molecule has 1 aromatic rings. The van der Waals surface area contributed by atoms with Crippen LogP contribution < -0.4 is 4.90 Å². The molecule has 4 heteroatoms. The van der Waals surface area contributed by atoms with Gasteiger partial charge in [-0.1, -0.05) is 18.9 Å². The molecule has 0 aromatic carbocycles. The minimum atomic E-state index is -0.546. The quantitative estimate of drug-likeness (QED) is 0.839. The van der Waals surface area contributed by atoms with Crippen molar-refractivity contribution in [2.24, 2.45) is 0 Å². The molecule has 0 amide bonds. The first kappa shape index (κ1) is 12.7. The average molecular weight is 255 g/mol. The minimum absolute atomic E-state index is 0.450. The molecule has 1 saturated carbocycles. The molecule has 1 fully saturated rings. The van der Waals surface area contributed by atoms with E-state index in [9.17, 15) is 5.11 Å². The maximum Gasteiger partial charge on any atom is 0.132 e. The van der Waals surface area contributed by atoms with Crippen LogP contribution in [0.4, 0.5) is 5.82 Å². The zero-order valence-electron chi connectivity index (χ0n) is 10.2. The van der Waals surface area contributed by atoms with Crippen LogP contribution in [0.1, 0.15) is 31.2 Å². The van der Waals surface area contributed by atoms with E-state index in [1.165, 1.54) is 0 Å². The lowest BCUT2D eigenvalue weighted by Crippen LogP contribution is -2.39. The Kier molecular flexibility index (Phi) is 3.89. The van der Waals surface area contributed by atoms with Gasteiger partial charge in [-0.3, -0.25) is 0 Å². The van der Waals surface area contributed by atoms with E-state index in [2.05, 4.69) is 4.98 Å². The van der Waals surface area contributed by atoms with Gasteiger partial charge in [-0.25, -0.2) is 4.98 Å². The number of hydrogen-bond donors (Lipinski definition) is 1. The van der Waals surface area contributed by atoms with Gasteiger partial charge in [-0.15, -0.1) is 11.6 Å². The normalized spacial score (nSPS) is 18.3. The zero-order chi connectivity index (χ0) is 12.3. The Hall–Kier alpha value is -0.800. The highest BCUT2D eigenvalue weighted by molar-refractivity contribution is 6.17. The number of halogens is 1. The van der Waals surface area contributed by atoms with E-state index in [-0.39, 0.29) is 0 Å². The monoisotopic (exact) mass is 254 g/mol. The summed E-state index contributed by atoms with van der Waals surface area (Å²) in [6.45, 7) is 0.633. The smallest absolute Gasteiger partial charge is 0.132 e. The summed E-state index contributed by atoms with van der Waals surface area (Å²) in [5.41, 5.74) is 0.467. The lowest BCUT2D eigenvalue weighted by atomic mass is 10.0. The Morgan fingerprint density at radius 1 is 1.47 bits per heavy atom. The molecule has 1 aromatic heterocycles. The second-order valence-electron chi connectivity index (χ2n) is 4.91. The number of aliphatic hydroxyl groups is 1. The van der Waals surface area contributed by atoms with Crippen LogP contribution in [-0.4, -0.2) is 29.3 Å². The Morgan fingerprint density at radius 2 is 2.18 bits per heavy atom. The molecule has 1 N–H and O–H groups in total. The van der Waals surface area contributed by atoms with Crippen LogP contribution in [0.5, 0.6) is 0 Å². The maximum atomic E-state index is 10.4. The molecule has 0 saturated heterocycles. The number of alkyl halides is 1. The average Bonchev–Trinajstić information content (AvgIpc) is 2.75. The summed E-state index contributed by atoms with van der Waals surface area (Å²) in [4.78, 5) is 6.37. The third-order valence-electron chi connectivity index (χ3n) is 3.44. The van der Waals surface area contributed by atoms with Crippen molar-refractivity contribution < 1.29 is 5.11 Å².